The number of fused-ring (bicyclic) bond motifs is 1. The van der Waals surface area contributed by atoms with Crippen molar-refractivity contribution in [1.29, 1.82) is 0 Å². The SMILES string of the molecule is c1ccc(COc2cccc3oc(Cc4cccc(OCOC5CCCC5)c4)nc23)nc1. The minimum Gasteiger partial charge on any atom is -0.485 e. The Morgan fingerprint density at radius 3 is 2.72 bits per heavy atom. The standard InChI is InChI=1S/C26H26N2O4/c1-2-10-21(9-1)30-18-31-22-11-5-7-19(15-22)16-25-28-26-23(12-6-13-24(26)32-25)29-17-20-8-3-4-14-27-20/h3-8,11-15,21H,1-2,9-10,16-18H2. The number of pyridine rings is 1. The molecule has 5 rings (SSSR count). The molecule has 32 heavy (non-hydrogen) atoms. The maximum absolute atomic E-state index is 5.98. The molecule has 6 heteroatoms. The third-order valence-electron chi connectivity index (χ3n) is 5.61. The second-order valence-corrected chi connectivity index (χ2v) is 7.98. The Kier molecular flexibility index (Phi) is 6.30. The Morgan fingerprint density at radius 1 is 0.938 bits per heavy atom. The zero-order valence-corrected chi connectivity index (χ0v) is 17.9. The highest BCUT2D eigenvalue weighted by molar-refractivity contribution is 5.79. The lowest BCUT2D eigenvalue weighted by Crippen LogP contribution is -2.12. The van der Waals surface area contributed by atoms with Crippen LogP contribution in [0.3, 0.4) is 0 Å². The van der Waals surface area contributed by atoms with Gasteiger partial charge in [-0.25, -0.2) is 4.98 Å². The van der Waals surface area contributed by atoms with Crippen molar-refractivity contribution in [1.82, 2.24) is 9.97 Å². The van der Waals surface area contributed by atoms with E-state index in [4.69, 9.17) is 18.6 Å². The van der Waals surface area contributed by atoms with Crippen LogP contribution in [0.2, 0.25) is 0 Å². The third kappa shape index (κ3) is 5.08. The Balaban J connectivity index is 1.24. The van der Waals surface area contributed by atoms with Gasteiger partial charge in [-0.3, -0.25) is 4.98 Å². The minimum atomic E-state index is 0.286. The molecule has 0 N–H and O–H groups in total. The van der Waals surface area contributed by atoms with E-state index < -0.39 is 0 Å². The van der Waals surface area contributed by atoms with Gasteiger partial charge in [0.2, 0.25) is 0 Å². The Morgan fingerprint density at radius 2 is 1.84 bits per heavy atom. The molecule has 2 aromatic carbocycles. The number of nitrogens with zero attached hydrogens (tertiary/aromatic N) is 2. The fourth-order valence-electron chi connectivity index (χ4n) is 3.97. The van der Waals surface area contributed by atoms with E-state index in [-0.39, 0.29) is 6.79 Å². The maximum Gasteiger partial charge on any atom is 0.200 e. The van der Waals surface area contributed by atoms with Crippen molar-refractivity contribution in [2.75, 3.05) is 6.79 Å². The van der Waals surface area contributed by atoms with E-state index in [0.29, 0.717) is 36.4 Å². The fourth-order valence-corrected chi connectivity index (χ4v) is 3.97. The molecule has 0 spiro atoms. The molecule has 4 aromatic rings. The topological polar surface area (TPSA) is 66.6 Å². The third-order valence-corrected chi connectivity index (χ3v) is 5.61. The van der Waals surface area contributed by atoms with E-state index in [2.05, 4.69) is 9.97 Å². The van der Waals surface area contributed by atoms with Gasteiger partial charge in [0.05, 0.1) is 11.8 Å². The van der Waals surface area contributed by atoms with Gasteiger partial charge in [-0.15, -0.1) is 0 Å². The number of hydrogen-bond donors (Lipinski definition) is 0. The molecule has 0 atom stereocenters. The summed E-state index contributed by atoms with van der Waals surface area (Å²) in [6.45, 7) is 0.665. The molecule has 0 radical (unpaired) electrons. The van der Waals surface area contributed by atoms with E-state index in [1.165, 1.54) is 12.8 Å². The molecule has 0 saturated heterocycles. The monoisotopic (exact) mass is 430 g/mol. The largest absolute Gasteiger partial charge is 0.485 e. The van der Waals surface area contributed by atoms with Crippen LogP contribution >= 0.6 is 0 Å². The first-order chi connectivity index (χ1) is 15.8. The molecular formula is C26H26N2O4. The minimum absolute atomic E-state index is 0.286. The Hall–Kier alpha value is -3.38. The van der Waals surface area contributed by atoms with Gasteiger partial charge in [0.25, 0.3) is 0 Å². The van der Waals surface area contributed by atoms with Crippen molar-refractivity contribution >= 4 is 11.1 Å². The summed E-state index contributed by atoms with van der Waals surface area (Å²) in [5.41, 5.74) is 3.35. The molecule has 1 aliphatic carbocycles. The van der Waals surface area contributed by atoms with Gasteiger partial charge in [-0.1, -0.05) is 37.1 Å². The van der Waals surface area contributed by atoms with Crippen LogP contribution in [0.4, 0.5) is 0 Å². The van der Waals surface area contributed by atoms with E-state index in [0.717, 1.165) is 35.4 Å². The molecule has 1 saturated carbocycles. The highest BCUT2D eigenvalue weighted by Gasteiger charge is 2.15. The van der Waals surface area contributed by atoms with Crippen LogP contribution in [0, 0.1) is 0 Å². The molecule has 0 amide bonds. The molecular weight excluding hydrogens is 404 g/mol. The first-order valence-electron chi connectivity index (χ1n) is 11.1. The number of benzene rings is 2. The number of oxazole rings is 1. The summed E-state index contributed by atoms with van der Waals surface area (Å²) in [5, 5.41) is 0. The van der Waals surface area contributed by atoms with Crippen molar-refractivity contribution in [3.05, 3.63) is 84.0 Å². The van der Waals surface area contributed by atoms with Crippen LogP contribution in [0.5, 0.6) is 11.5 Å². The van der Waals surface area contributed by atoms with Crippen LogP contribution in [0.15, 0.2) is 71.3 Å². The smallest absolute Gasteiger partial charge is 0.200 e. The summed E-state index contributed by atoms with van der Waals surface area (Å²) in [4.78, 5) is 8.98. The second kappa shape index (κ2) is 9.83. The summed E-state index contributed by atoms with van der Waals surface area (Å²) in [5.74, 6) is 2.11. The molecule has 1 aliphatic rings. The first-order valence-corrected chi connectivity index (χ1v) is 11.1. The van der Waals surface area contributed by atoms with Gasteiger partial charge in [0, 0.05) is 12.6 Å². The van der Waals surface area contributed by atoms with Crippen molar-refractivity contribution < 1.29 is 18.6 Å². The molecule has 2 heterocycles. The van der Waals surface area contributed by atoms with E-state index >= 15 is 0 Å². The van der Waals surface area contributed by atoms with Gasteiger partial charge in [-0.2, -0.15) is 0 Å². The van der Waals surface area contributed by atoms with Gasteiger partial charge in [-0.05, 0) is 54.8 Å². The quantitative estimate of drug-likeness (QED) is 0.318. The highest BCUT2D eigenvalue weighted by atomic mass is 16.7. The number of rotatable bonds is 9. The van der Waals surface area contributed by atoms with Crippen LogP contribution < -0.4 is 9.47 Å². The summed E-state index contributed by atoms with van der Waals surface area (Å²) >= 11 is 0. The zero-order chi connectivity index (χ0) is 21.6. The number of para-hydroxylation sites is 1. The summed E-state index contributed by atoms with van der Waals surface area (Å²) in [6.07, 6.45) is 7.43. The second-order valence-electron chi connectivity index (χ2n) is 7.98. The first kappa shape index (κ1) is 20.5. The zero-order valence-electron chi connectivity index (χ0n) is 17.9. The summed E-state index contributed by atoms with van der Waals surface area (Å²) < 4.78 is 23.5. The molecule has 1 fully saturated rings. The van der Waals surface area contributed by atoms with Crippen molar-refractivity contribution in [3.8, 4) is 11.5 Å². The van der Waals surface area contributed by atoms with E-state index in [1.54, 1.807) is 6.20 Å². The van der Waals surface area contributed by atoms with Crippen LogP contribution in [0.25, 0.3) is 11.1 Å². The molecule has 164 valence electrons. The summed E-state index contributed by atoms with van der Waals surface area (Å²) in [6, 6.07) is 19.4. The van der Waals surface area contributed by atoms with Crippen LogP contribution in [-0.2, 0) is 17.8 Å². The van der Waals surface area contributed by atoms with Gasteiger partial charge < -0.3 is 18.6 Å². The molecule has 6 nitrogen and oxygen atoms in total. The lowest BCUT2D eigenvalue weighted by atomic mass is 10.1. The average molecular weight is 431 g/mol. The number of ether oxygens (including phenoxy) is 3. The van der Waals surface area contributed by atoms with E-state index in [1.807, 2.05) is 60.7 Å². The number of aromatic nitrogens is 2. The molecule has 0 aliphatic heterocycles. The number of hydrogen-bond acceptors (Lipinski definition) is 6. The van der Waals surface area contributed by atoms with Crippen molar-refractivity contribution in [3.63, 3.8) is 0 Å². The maximum atomic E-state index is 5.98. The highest BCUT2D eigenvalue weighted by Crippen LogP contribution is 2.28. The van der Waals surface area contributed by atoms with Gasteiger partial charge >= 0.3 is 0 Å². The normalized spacial score (nSPS) is 14.1. The Bertz CT molecular complexity index is 1150. The lowest BCUT2D eigenvalue weighted by Gasteiger charge is -2.12. The predicted octanol–water partition coefficient (Wildman–Crippen LogP) is 5.69. The Labute approximate surface area is 187 Å². The van der Waals surface area contributed by atoms with Crippen LogP contribution in [-0.4, -0.2) is 22.9 Å². The van der Waals surface area contributed by atoms with Crippen molar-refractivity contribution in [2.45, 2.75) is 44.8 Å². The van der Waals surface area contributed by atoms with E-state index in [9.17, 15) is 0 Å². The predicted molar refractivity (Wildman–Crippen MR) is 121 cm³/mol. The molecule has 0 bridgehead atoms. The lowest BCUT2D eigenvalue weighted by molar-refractivity contribution is -0.0325. The molecule has 2 aromatic heterocycles. The van der Waals surface area contributed by atoms with Gasteiger partial charge in [0.15, 0.2) is 23.8 Å². The van der Waals surface area contributed by atoms with Crippen LogP contribution in [0.1, 0.15) is 42.8 Å². The fraction of sp³-hybridized carbons (Fsp3) is 0.308. The van der Waals surface area contributed by atoms with Gasteiger partial charge in [0.1, 0.15) is 18.1 Å². The van der Waals surface area contributed by atoms with Crippen molar-refractivity contribution in [2.24, 2.45) is 0 Å². The average Bonchev–Trinajstić information content (AvgIpc) is 3.48. The summed E-state index contributed by atoms with van der Waals surface area (Å²) in [7, 11) is 0. The molecule has 0 unspecified atom stereocenters.